The van der Waals surface area contributed by atoms with Crippen LogP contribution >= 0.6 is 11.8 Å². The van der Waals surface area contributed by atoms with E-state index in [9.17, 15) is 40.7 Å². The summed E-state index contributed by atoms with van der Waals surface area (Å²) in [5.41, 5.74) is 0.684. The molecule has 0 radical (unpaired) electrons. The molecule has 1 fully saturated rings. The molecule has 3 rings (SSSR count). The zero-order valence-electron chi connectivity index (χ0n) is 18.9. The molecule has 2 aromatic rings. The van der Waals surface area contributed by atoms with Crippen LogP contribution in [0, 0.1) is 0 Å². The molecule has 0 unspecified atom stereocenters. The number of rotatable bonds is 8. The van der Waals surface area contributed by atoms with Crippen LogP contribution < -0.4 is 5.32 Å². The fraction of sp³-hybridized carbons (Fsp3) is 0.500. The number of benzene rings is 1. The third-order valence-electron chi connectivity index (χ3n) is 4.95. The maximum atomic E-state index is 12.8. The number of alkyl halides is 6. The lowest BCUT2D eigenvalue weighted by Gasteiger charge is -2.44. The minimum Gasteiger partial charge on any atom is -0.465 e. The van der Waals surface area contributed by atoms with Gasteiger partial charge >= 0.3 is 36.2 Å². The second-order valence-electron chi connectivity index (χ2n) is 7.48. The molecule has 0 spiro atoms. The summed E-state index contributed by atoms with van der Waals surface area (Å²) in [6, 6.07) is 4.64. The second-order valence-corrected chi connectivity index (χ2v) is 8.52. The number of hydrogen-bond acceptors (Lipinski definition) is 11. The van der Waals surface area contributed by atoms with Crippen LogP contribution in [-0.4, -0.2) is 85.1 Å². The molecular formula is C20H19F6N3O7S. The van der Waals surface area contributed by atoms with Gasteiger partial charge in [0.1, 0.15) is 11.1 Å². The van der Waals surface area contributed by atoms with E-state index in [0.717, 1.165) is 16.7 Å². The van der Waals surface area contributed by atoms with E-state index in [-0.39, 0.29) is 48.2 Å². The zero-order valence-corrected chi connectivity index (χ0v) is 19.7. The third kappa shape index (κ3) is 6.84. The molecule has 0 bridgehead atoms. The van der Waals surface area contributed by atoms with Crippen LogP contribution in [0.2, 0.25) is 0 Å². The van der Waals surface area contributed by atoms with Gasteiger partial charge in [0.25, 0.3) is 5.22 Å². The lowest BCUT2D eigenvalue weighted by Crippen LogP contribution is -2.66. The number of nitrogens with one attached hydrogen (secondary N) is 1. The summed E-state index contributed by atoms with van der Waals surface area (Å²) in [7, 11) is 1.20. The highest BCUT2D eigenvalue weighted by atomic mass is 32.2. The molecule has 1 saturated heterocycles. The Morgan fingerprint density at radius 1 is 1.14 bits per heavy atom. The van der Waals surface area contributed by atoms with E-state index < -0.39 is 42.7 Å². The van der Waals surface area contributed by atoms with Gasteiger partial charge in [-0.15, -0.1) is 0 Å². The average molecular weight is 559 g/mol. The number of carbonyl (C=O) groups excluding carboxylic acids is 3. The van der Waals surface area contributed by atoms with Gasteiger partial charge in [0.15, 0.2) is 5.58 Å². The SMILES string of the molecule is COC(=O)c1cccc2nc(SCCCN3CCNCC3(OC(=O)C(F)(F)F)OC(=O)C(F)(F)F)oc12. The first kappa shape index (κ1) is 28.5. The van der Waals surface area contributed by atoms with Gasteiger partial charge in [-0.3, -0.25) is 0 Å². The van der Waals surface area contributed by atoms with Gasteiger partial charge in [-0.2, -0.15) is 26.3 Å². The van der Waals surface area contributed by atoms with Crippen molar-refractivity contribution < 1.29 is 59.4 Å². The van der Waals surface area contributed by atoms with E-state index in [2.05, 4.69) is 24.5 Å². The molecule has 1 N–H and O–H groups in total. The van der Waals surface area contributed by atoms with Crippen molar-refractivity contribution in [1.82, 2.24) is 15.2 Å². The summed E-state index contributed by atoms with van der Waals surface area (Å²) in [4.78, 5) is 39.9. The Bertz CT molecular complexity index is 1130. The Labute approximate surface area is 208 Å². The van der Waals surface area contributed by atoms with Crippen LogP contribution in [-0.2, 0) is 23.8 Å². The van der Waals surface area contributed by atoms with Gasteiger partial charge in [0, 0.05) is 25.4 Å². The monoisotopic (exact) mass is 559 g/mol. The first-order valence-electron chi connectivity index (χ1n) is 10.4. The fourth-order valence-corrected chi connectivity index (χ4v) is 4.08. The Morgan fingerprint density at radius 3 is 2.38 bits per heavy atom. The Morgan fingerprint density at radius 2 is 1.78 bits per heavy atom. The number of nitrogens with zero attached hydrogens (tertiary/aromatic N) is 2. The van der Waals surface area contributed by atoms with Crippen LogP contribution in [0.25, 0.3) is 11.1 Å². The number of ether oxygens (including phenoxy) is 3. The number of thioether (sulfide) groups is 1. The molecule has 1 aliphatic rings. The van der Waals surface area contributed by atoms with Crippen molar-refractivity contribution in [1.29, 1.82) is 0 Å². The highest BCUT2D eigenvalue weighted by molar-refractivity contribution is 7.99. The number of para-hydroxylation sites is 1. The number of carbonyl (C=O) groups is 3. The molecule has 10 nitrogen and oxygen atoms in total. The number of esters is 3. The molecule has 1 aliphatic heterocycles. The van der Waals surface area contributed by atoms with Crippen molar-refractivity contribution in [2.45, 2.75) is 29.9 Å². The first-order valence-corrected chi connectivity index (χ1v) is 11.4. The third-order valence-corrected chi connectivity index (χ3v) is 5.87. The average Bonchev–Trinajstić information content (AvgIpc) is 3.24. The lowest BCUT2D eigenvalue weighted by atomic mass is 10.2. The summed E-state index contributed by atoms with van der Waals surface area (Å²) in [6.07, 6.45) is -11.0. The van der Waals surface area contributed by atoms with Gasteiger partial charge in [-0.1, -0.05) is 17.8 Å². The fourth-order valence-electron chi connectivity index (χ4n) is 3.33. The Kier molecular flexibility index (Phi) is 8.59. The van der Waals surface area contributed by atoms with Crippen LogP contribution in [0.5, 0.6) is 0 Å². The Hall–Kier alpha value is -3.05. The van der Waals surface area contributed by atoms with E-state index in [1.165, 1.54) is 13.2 Å². The van der Waals surface area contributed by atoms with E-state index >= 15 is 0 Å². The maximum absolute atomic E-state index is 12.8. The molecule has 0 aliphatic carbocycles. The van der Waals surface area contributed by atoms with Crippen LogP contribution in [0.15, 0.2) is 27.8 Å². The quantitative estimate of drug-likeness (QED) is 0.169. The molecule has 1 aromatic heterocycles. The van der Waals surface area contributed by atoms with Crippen LogP contribution in [0.1, 0.15) is 16.8 Å². The van der Waals surface area contributed by atoms with Crippen molar-refractivity contribution in [3.8, 4) is 0 Å². The first-order chi connectivity index (χ1) is 17.3. The highest BCUT2D eigenvalue weighted by Crippen LogP contribution is 2.31. The largest absolute Gasteiger partial charge is 0.491 e. The number of hydrogen-bond donors (Lipinski definition) is 1. The van der Waals surface area contributed by atoms with Crippen LogP contribution in [0.4, 0.5) is 26.3 Å². The van der Waals surface area contributed by atoms with E-state index in [1.54, 1.807) is 12.1 Å². The van der Waals surface area contributed by atoms with Gasteiger partial charge in [-0.25, -0.2) is 24.3 Å². The van der Waals surface area contributed by atoms with E-state index in [1.807, 2.05) is 0 Å². The van der Waals surface area contributed by atoms with Gasteiger partial charge in [-0.05, 0) is 18.6 Å². The zero-order chi connectivity index (χ0) is 27.4. The summed E-state index contributed by atoms with van der Waals surface area (Å²) in [6.45, 7) is -1.15. The number of aromatic nitrogens is 1. The summed E-state index contributed by atoms with van der Waals surface area (Å²) < 4.78 is 95.8. The molecule has 37 heavy (non-hydrogen) atoms. The van der Waals surface area contributed by atoms with Gasteiger partial charge in [0.2, 0.25) is 0 Å². The predicted octanol–water partition coefficient (Wildman–Crippen LogP) is 2.87. The predicted molar refractivity (Wildman–Crippen MR) is 112 cm³/mol. The molecule has 0 amide bonds. The van der Waals surface area contributed by atoms with Crippen molar-refractivity contribution in [2.24, 2.45) is 0 Å². The summed E-state index contributed by atoms with van der Waals surface area (Å²) in [5, 5.41) is 2.61. The molecule has 2 heterocycles. The van der Waals surface area contributed by atoms with Gasteiger partial charge in [0.05, 0.1) is 13.7 Å². The highest BCUT2D eigenvalue weighted by Gasteiger charge is 2.55. The number of oxazole rings is 1. The molecule has 1 aromatic carbocycles. The topological polar surface area (TPSA) is 120 Å². The van der Waals surface area contributed by atoms with Crippen molar-refractivity contribution in [3.63, 3.8) is 0 Å². The minimum absolute atomic E-state index is 0.101. The number of methoxy groups -OCH3 is 1. The molecule has 204 valence electrons. The molecule has 17 heteroatoms. The van der Waals surface area contributed by atoms with E-state index in [0.29, 0.717) is 5.52 Å². The van der Waals surface area contributed by atoms with Crippen molar-refractivity contribution in [2.75, 3.05) is 39.0 Å². The molecule has 0 saturated carbocycles. The number of fused-ring (bicyclic) bond motifs is 1. The van der Waals surface area contributed by atoms with Crippen LogP contribution in [0.3, 0.4) is 0 Å². The van der Waals surface area contributed by atoms with Crippen molar-refractivity contribution >= 4 is 40.8 Å². The lowest BCUT2D eigenvalue weighted by molar-refractivity contribution is -0.319. The maximum Gasteiger partial charge on any atom is 0.491 e. The number of piperazine rings is 1. The van der Waals surface area contributed by atoms with Crippen molar-refractivity contribution in [3.05, 3.63) is 23.8 Å². The standard InChI is InChI=1S/C20H19F6N3O7S/c1-33-14(30)11-4-2-5-12-13(11)34-17(28-12)37-9-3-7-29-8-6-27-10-18(29,35-15(31)19(21,22)23)36-16(32)20(24,25)26/h2,4-5,27H,3,6-10H2,1H3. The second kappa shape index (κ2) is 11.1. The normalized spacial score (nSPS) is 16.4. The Balaban J connectivity index is 1.72. The minimum atomic E-state index is -5.55. The van der Waals surface area contributed by atoms with Gasteiger partial charge < -0.3 is 23.9 Å². The summed E-state index contributed by atoms with van der Waals surface area (Å²) >= 11 is 1.05. The smallest absolute Gasteiger partial charge is 0.465 e. The summed E-state index contributed by atoms with van der Waals surface area (Å²) in [5.74, 6) is -9.07. The molecular weight excluding hydrogens is 540 g/mol. The van der Waals surface area contributed by atoms with E-state index in [4.69, 9.17) is 4.42 Å². The molecule has 0 atom stereocenters. The number of halogens is 6.